The third kappa shape index (κ3) is 2.82. The van der Waals surface area contributed by atoms with Crippen molar-refractivity contribution >= 4 is 21.6 Å². The molecule has 0 atom stereocenters. The Morgan fingerprint density at radius 1 is 1.35 bits per heavy atom. The zero-order chi connectivity index (χ0) is 14.9. The van der Waals surface area contributed by atoms with Crippen LogP contribution in [0.3, 0.4) is 0 Å². The second kappa shape index (κ2) is 5.23. The summed E-state index contributed by atoms with van der Waals surface area (Å²) in [5, 5.41) is 14.4. The van der Waals surface area contributed by atoms with E-state index in [-0.39, 0.29) is 11.0 Å². The fourth-order valence-electron chi connectivity index (χ4n) is 1.62. The monoisotopic (exact) mass is 349 g/mol. The van der Waals surface area contributed by atoms with E-state index in [2.05, 4.69) is 21.0 Å². The summed E-state index contributed by atoms with van der Waals surface area (Å²) in [5.41, 5.74) is -0.442. The molecule has 0 bridgehead atoms. The highest BCUT2D eigenvalue weighted by molar-refractivity contribution is 9.08. The summed E-state index contributed by atoms with van der Waals surface area (Å²) >= 11 is 3.11. The number of nitro benzene ring substituents is 1. The molecule has 2 aromatic rings. The summed E-state index contributed by atoms with van der Waals surface area (Å²) < 4.78 is 38.4. The van der Waals surface area contributed by atoms with Crippen molar-refractivity contribution < 1.29 is 18.1 Å². The first kappa shape index (κ1) is 14.5. The highest BCUT2D eigenvalue weighted by Gasteiger charge is 2.33. The number of benzene rings is 1. The zero-order valence-corrected chi connectivity index (χ0v) is 11.3. The summed E-state index contributed by atoms with van der Waals surface area (Å²) in [6.07, 6.45) is -3.37. The minimum Gasteiger partial charge on any atom is -0.258 e. The molecule has 0 N–H and O–H groups in total. The number of nitrogens with zero attached hydrogens (tertiary/aromatic N) is 3. The van der Waals surface area contributed by atoms with Crippen LogP contribution in [0.15, 0.2) is 30.5 Å². The van der Waals surface area contributed by atoms with E-state index in [4.69, 9.17) is 0 Å². The van der Waals surface area contributed by atoms with Gasteiger partial charge in [-0.3, -0.25) is 10.1 Å². The molecule has 20 heavy (non-hydrogen) atoms. The lowest BCUT2D eigenvalue weighted by Gasteiger charge is -2.05. The predicted molar refractivity (Wildman–Crippen MR) is 67.9 cm³/mol. The van der Waals surface area contributed by atoms with Gasteiger partial charge in [-0.25, -0.2) is 4.68 Å². The van der Waals surface area contributed by atoms with Crippen LogP contribution in [0.1, 0.15) is 11.3 Å². The van der Waals surface area contributed by atoms with Gasteiger partial charge in [-0.2, -0.15) is 18.3 Å². The number of alkyl halides is 4. The number of halogens is 4. The van der Waals surface area contributed by atoms with Gasteiger partial charge in [0, 0.05) is 23.2 Å². The van der Waals surface area contributed by atoms with Crippen molar-refractivity contribution in [1.82, 2.24) is 9.78 Å². The lowest BCUT2D eigenvalue weighted by Crippen LogP contribution is -2.07. The van der Waals surface area contributed by atoms with Gasteiger partial charge in [0.05, 0.1) is 10.6 Å². The van der Waals surface area contributed by atoms with Crippen molar-refractivity contribution in [3.05, 3.63) is 51.8 Å². The van der Waals surface area contributed by atoms with Crippen molar-refractivity contribution in [2.24, 2.45) is 0 Å². The summed E-state index contributed by atoms with van der Waals surface area (Å²) in [6, 6.07) is 4.84. The molecule has 1 aromatic heterocycles. The van der Waals surface area contributed by atoms with Gasteiger partial charge >= 0.3 is 6.18 Å². The van der Waals surface area contributed by atoms with Gasteiger partial charge < -0.3 is 0 Å². The van der Waals surface area contributed by atoms with Gasteiger partial charge in [0.25, 0.3) is 5.69 Å². The molecule has 0 aliphatic carbocycles. The van der Waals surface area contributed by atoms with Crippen LogP contribution in [-0.2, 0) is 11.5 Å². The molecular formula is C11H7BrF3N3O2. The number of aromatic nitrogens is 2. The second-order valence-electron chi connectivity index (χ2n) is 3.85. The van der Waals surface area contributed by atoms with E-state index >= 15 is 0 Å². The maximum atomic E-state index is 12.5. The van der Waals surface area contributed by atoms with E-state index in [0.717, 1.165) is 16.9 Å². The van der Waals surface area contributed by atoms with E-state index < -0.39 is 16.8 Å². The maximum absolute atomic E-state index is 12.5. The average Bonchev–Trinajstić information content (AvgIpc) is 2.87. The zero-order valence-electron chi connectivity index (χ0n) is 9.76. The number of hydrogen-bond acceptors (Lipinski definition) is 3. The molecular weight excluding hydrogens is 343 g/mol. The molecule has 0 aliphatic heterocycles. The Balaban J connectivity index is 2.43. The van der Waals surface area contributed by atoms with Gasteiger partial charge in [0.15, 0.2) is 5.69 Å². The Labute approximate surface area is 119 Å². The predicted octanol–water partition coefficient (Wildman–Crippen LogP) is 3.69. The van der Waals surface area contributed by atoms with E-state index in [1.165, 1.54) is 18.2 Å². The summed E-state index contributed by atoms with van der Waals surface area (Å²) in [6.45, 7) is 0. The average molecular weight is 350 g/mol. The molecule has 9 heteroatoms. The standard InChI is InChI=1S/C11H7BrF3N3O2/c12-6-7-5-8(1-2-9(7)18(19)20)17-4-3-10(16-17)11(13,14)15/h1-5H,6H2. The smallest absolute Gasteiger partial charge is 0.258 e. The largest absolute Gasteiger partial charge is 0.435 e. The fraction of sp³-hybridized carbons (Fsp3) is 0.182. The molecule has 0 radical (unpaired) electrons. The van der Waals surface area contributed by atoms with Gasteiger partial charge in [0.2, 0.25) is 0 Å². The summed E-state index contributed by atoms with van der Waals surface area (Å²) in [5.74, 6) is 0. The topological polar surface area (TPSA) is 61.0 Å². The molecule has 1 heterocycles. The minimum absolute atomic E-state index is 0.103. The Hall–Kier alpha value is -1.90. The van der Waals surface area contributed by atoms with Gasteiger partial charge in [-0.05, 0) is 18.2 Å². The van der Waals surface area contributed by atoms with Crippen LogP contribution < -0.4 is 0 Å². The number of hydrogen-bond donors (Lipinski definition) is 0. The van der Waals surface area contributed by atoms with Crippen LogP contribution in [0, 0.1) is 10.1 Å². The molecule has 2 rings (SSSR count). The first-order chi connectivity index (χ1) is 9.32. The molecule has 1 aromatic carbocycles. The van der Waals surface area contributed by atoms with Crippen LogP contribution in [-0.4, -0.2) is 14.7 Å². The van der Waals surface area contributed by atoms with E-state index in [1.54, 1.807) is 0 Å². The third-order valence-corrected chi connectivity index (χ3v) is 3.15. The van der Waals surface area contributed by atoms with Crippen LogP contribution in [0.2, 0.25) is 0 Å². The molecule has 0 amide bonds. The highest BCUT2D eigenvalue weighted by Crippen LogP contribution is 2.29. The molecule has 0 fully saturated rings. The molecule has 0 spiro atoms. The van der Waals surface area contributed by atoms with Gasteiger partial charge in [-0.15, -0.1) is 0 Å². The first-order valence-electron chi connectivity index (χ1n) is 5.29. The van der Waals surface area contributed by atoms with Crippen LogP contribution in [0.5, 0.6) is 0 Å². The van der Waals surface area contributed by atoms with Crippen molar-refractivity contribution in [3.8, 4) is 5.69 Å². The van der Waals surface area contributed by atoms with Crippen molar-refractivity contribution in [2.45, 2.75) is 11.5 Å². The summed E-state index contributed by atoms with van der Waals surface area (Å²) in [4.78, 5) is 10.2. The van der Waals surface area contributed by atoms with Crippen LogP contribution in [0.4, 0.5) is 18.9 Å². The fourth-order valence-corrected chi connectivity index (χ4v) is 2.07. The lowest BCUT2D eigenvalue weighted by atomic mass is 10.2. The molecule has 0 saturated carbocycles. The highest BCUT2D eigenvalue weighted by atomic mass is 79.9. The molecule has 106 valence electrons. The quantitative estimate of drug-likeness (QED) is 0.482. The van der Waals surface area contributed by atoms with Crippen molar-refractivity contribution in [1.29, 1.82) is 0 Å². The first-order valence-corrected chi connectivity index (χ1v) is 6.41. The van der Waals surface area contributed by atoms with E-state index in [1.807, 2.05) is 0 Å². The Morgan fingerprint density at radius 3 is 2.55 bits per heavy atom. The number of nitro groups is 1. The van der Waals surface area contributed by atoms with E-state index in [0.29, 0.717) is 11.3 Å². The lowest BCUT2D eigenvalue weighted by molar-refractivity contribution is -0.385. The minimum atomic E-state index is -4.52. The van der Waals surface area contributed by atoms with E-state index in [9.17, 15) is 23.3 Å². The Morgan fingerprint density at radius 2 is 2.05 bits per heavy atom. The summed E-state index contributed by atoms with van der Waals surface area (Å²) in [7, 11) is 0. The SMILES string of the molecule is O=[N+]([O-])c1ccc(-n2ccc(C(F)(F)F)n2)cc1CBr. The second-order valence-corrected chi connectivity index (χ2v) is 4.41. The normalized spacial score (nSPS) is 11.6. The van der Waals surface area contributed by atoms with Crippen molar-refractivity contribution in [3.63, 3.8) is 0 Å². The van der Waals surface area contributed by atoms with Crippen LogP contribution in [0.25, 0.3) is 5.69 Å². The van der Waals surface area contributed by atoms with Gasteiger partial charge in [-0.1, -0.05) is 15.9 Å². The Bertz CT molecular complexity index is 655. The third-order valence-electron chi connectivity index (χ3n) is 2.55. The molecule has 5 nitrogen and oxygen atoms in total. The van der Waals surface area contributed by atoms with Gasteiger partial charge in [0.1, 0.15) is 0 Å². The number of rotatable bonds is 3. The maximum Gasteiger partial charge on any atom is 0.435 e. The molecule has 0 saturated heterocycles. The molecule has 0 unspecified atom stereocenters. The van der Waals surface area contributed by atoms with Crippen molar-refractivity contribution in [2.75, 3.05) is 0 Å². The molecule has 0 aliphatic rings. The Kier molecular flexibility index (Phi) is 3.80. The van der Waals surface area contributed by atoms with Crippen LogP contribution >= 0.6 is 15.9 Å².